The molecule has 34 heavy (non-hydrogen) atoms. The van der Waals surface area contributed by atoms with Crippen LogP contribution >= 0.6 is 11.6 Å². The molecule has 3 aromatic carbocycles. The summed E-state index contributed by atoms with van der Waals surface area (Å²) in [5, 5.41) is 14.5. The van der Waals surface area contributed by atoms with E-state index in [1.54, 1.807) is 12.1 Å². The minimum atomic E-state index is -0.617. The Kier molecular flexibility index (Phi) is 7.88. The van der Waals surface area contributed by atoms with E-state index in [0.29, 0.717) is 24.5 Å². The van der Waals surface area contributed by atoms with Gasteiger partial charge in [0.05, 0.1) is 13.2 Å². The number of fused-ring (bicyclic) bond motifs is 1. The van der Waals surface area contributed by atoms with Crippen LogP contribution < -0.4 is 10.2 Å². The predicted molar refractivity (Wildman–Crippen MR) is 136 cm³/mol. The van der Waals surface area contributed by atoms with Crippen molar-refractivity contribution in [1.29, 1.82) is 0 Å². The number of esters is 1. The number of ether oxygens (including phenoxy) is 1. The number of nitrogens with zero attached hydrogens (tertiary/aromatic N) is 1. The Morgan fingerprint density at radius 1 is 1.12 bits per heavy atom. The number of carbonyl (C=O) groups excluding carboxylic acids is 1. The van der Waals surface area contributed by atoms with Crippen molar-refractivity contribution in [3.05, 3.63) is 100 Å². The van der Waals surface area contributed by atoms with E-state index in [9.17, 15) is 9.90 Å². The summed E-state index contributed by atoms with van der Waals surface area (Å²) in [5.41, 5.74) is 5.40. The average Bonchev–Trinajstić information content (AvgIpc) is 3.20. The van der Waals surface area contributed by atoms with Crippen molar-refractivity contribution >= 4 is 23.3 Å². The van der Waals surface area contributed by atoms with Gasteiger partial charge in [-0.25, -0.2) is 4.79 Å². The van der Waals surface area contributed by atoms with Gasteiger partial charge in [0, 0.05) is 36.3 Å². The number of carbonyl (C=O) groups is 1. The molecule has 0 aliphatic carbocycles. The third-order valence-corrected chi connectivity index (χ3v) is 6.58. The van der Waals surface area contributed by atoms with Gasteiger partial charge in [-0.3, -0.25) is 0 Å². The molecule has 6 heteroatoms. The highest BCUT2D eigenvalue weighted by Gasteiger charge is 2.35. The Labute approximate surface area is 206 Å². The van der Waals surface area contributed by atoms with Crippen molar-refractivity contribution < 1.29 is 14.6 Å². The highest BCUT2D eigenvalue weighted by Crippen LogP contribution is 2.35. The van der Waals surface area contributed by atoms with E-state index in [1.807, 2.05) is 30.3 Å². The molecule has 5 nitrogen and oxygen atoms in total. The number of halogens is 1. The minimum Gasteiger partial charge on any atom is -0.467 e. The Morgan fingerprint density at radius 3 is 2.65 bits per heavy atom. The van der Waals surface area contributed by atoms with Crippen LogP contribution in [0.4, 0.5) is 5.69 Å². The summed E-state index contributed by atoms with van der Waals surface area (Å²) in [4.78, 5) is 14.7. The van der Waals surface area contributed by atoms with Gasteiger partial charge in [-0.15, -0.1) is 0 Å². The maximum atomic E-state index is 12.5. The molecule has 0 saturated carbocycles. The van der Waals surface area contributed by atoms with E-state index in [2.05, 4.69) is 47.5 Å². The number of hydrogen-bond acceptors (Lipinski definition) is 5. The van der Waals surface area contributed by atoms with Crippen LogP contribution in [0.2, 0.25) is 5.02 Å². The second-order valence-electron chi connectivity index (χ2n) is 8.90. The van der Waals surface area contributed by atoms with E-state index < -0.39 is 6.10 Å². The van der Waals surface area contributed by atoms with Gasteiger partial charge in [0.2, 0.25) is 0 Å². The molecule has 0 amide bonds. The summed E-state index contributed by atoms with van der Waals surface area (Å²) in [6.45, 7) is 3.21. The fourth-order valence-electron chi connectivity index (χ4n) is 4.59. The Morgan fingerprint density at radius 2 is 1.91 bits per heavy atom. The molecule has 0 bridgehead atoms. The lowest BCUT2D eigenvalue weighted by Gasteiger charge is -2.26. The summed E-state index contributed by atoms with van der Waals surface area (Å²) in [5.74, 6) is -0.210. The van der Waals surface area contributed by atoms with E-state index in [4.69, 9.17) is 16.3 Å². The molecule has 0 aromatic heterocycles. The molecule has 3 atom stereocenters. The van der Waals surface area contributed by atoms with Gasteiger partial charge in [-0.1, -0.05) is 66.2 Å². The van der Waals surface area contributed by atoms with Gasteiger partial charge in [0.1, 0.15) is 6.04 Å². The van der Waals surface area contributed by atoms with Crippen molar-refractivity contribution in [1.82, 2.24) is 5.32 Å². The van der Waals surface area contributed by atoms with Crippen molar-refractivity contribution in [3.63, 3.8) is 0 Å². The highest BCUT2D eigenvalue weighted by molar-refractivity contribution is 6.30. The van der Waals surface area contributed by atoms with Crippen molar-refractivity contribution in [2.75, 3.05) is 18.6 Å². The molecule has 3 aromatic rings. The number of methoxy groups -OCH3 is 1. The molecule has 1 heterocycles. The number of nitrogens with one attached hydrogen (secondary N) is 1. The first-order chi connectivity index (χ1) is 16.4. The fourth-order valence-corrected chi connectivity index (χ4v) is 4.79. The summed E-state index contributed by atoms with van der Waals surface area (Å²) in [6, 6.07) is 23.8. The lowest BCUT2D eigenvalue weighted by atomic mass is 10.0. The fraction of sp³-hybridized carbons (Fsp3) is 0.321. The molecule has 0 saturated heterocycles. The van der Waals surface area contributed by atoms with E-state index >= 15 is 0 Å². The third-order valence-electron chi connectivity index (χ3n) is 6.35. The van der Waals surface area contributed by atoms with Crippen LogP contribution in [-0.4, -0.2) is 36.8 Å². The van der Waals surface area contributed by atoms with Gasteiger partial charge >= 0.3 is 5.97 Å². The third kappa shape index (κ3) is 5.79. The van der Waals surface area contributed by atoms with Crippen LogP contribution in [-0.2, 0) is 28.9 Å². The Bertz CT molecular complexity index is 1120. The highest BCUT2D eigenvalue weighted by atomic mass is 35.5. The number of benzene rings is 3. The maximum Gasteiger partial charge on any atom is 0.328 e. The zero-order chi connectivity index (χ0) is 24.1. The molecule has 1 aliphatic rings. The van der Waals surface area contributed by atoms with Crippen LogP contribution in [0.15, 0.2) is 72.8 Å². The lowest BCUT2D eigenvalue weighted by Crippen LogP contribution is -2.39. The SMILES string of the molecule is COC(=O)C1Cc2cc(CC(C)NCC(O)c3cccc(Cl)c3)ccc2N1Cc1ccccc1. The number of aliphatic hydroxyl groups excluding tert-OH is 1. The molecule has 0 spiro atoms. The quantitative estimate of drug-likeness (QED) is 0.436. The van der Waals surface area contributed by atoms with Crippen LogP contribution in [0.1, 0.15) is 35.3 Å². The molecule has 1 aliphatic heterocycles. The van der Waals surface area contributed by atoms with E-state index in [-0.39, 0.29) is 18.1 Å². The molecule has 0 radical (unpaired) electrons. The molecular formula is C28H31ClN2O3. The molecule has 0 fully saturated rings. The van der Waals surface area contributed by atoms with Gasteiger partial charge in [-0.2, -0.15) is 0 Å². The number of rotatable bonds is 9. The van der Waals surface area contributed by atoms with Gasteiger partial charge in [0.25, 0.3) is 0 Å². The Hall–Kier alpha value is -2.86. The average molecular weight is 479 g/mol. The lowest BCUT2D eigenvalue weighted by molar-refractivity contribution is -0.142. The Balaban J connectivity index is 1.42. The summed E-state index contributed by atoms with van der Waals surface area (Å²) in [7, 11) is 1.45. The van der Waals surface area contributed by atoms with Gasteiger partial charge in [-0.05, 0) is 53.8 Å². The number of hydrogen-bond donors (Lipinski definition) is 2. The summed E-state index contributed by atoms with van der Waals surface area (Å²) in [6.07, 6.45) is 0.836. The minimum absolute atomic E-state index is 0.171. The number of anilines is 1. The van der Waals surface area contributed by atoms with Crippen molar-refractivity contribution in [3.8, 4) is 0 Å². The molecule has 178 valence electrons. The molecular weight excluding hydrogens is 448 g/mol. The largest absolute Gasteiger partial charge is 0.467 e. The monoisotopic (exact) mass is 478 g/mol. The first-order valence-corrected chi connectivity index (χ1v) is 12.0. The standard InChI is InChI=1S/C28H31ClN2O3/c1-19(30-17-27(32)22-9-6-10-24(29)15-22)13-21-11-12-25-23(14-21)16-26(28(33)34-2)31(25)18-20-7-4-3-5-8-20/h3-12,14-15,19,26-27,30,32H,13,16-18H2,1-2H3. The predicted octanol–water partition coefficient (Wildman–Crippen LogP) is 4.70. The topological polar surface area (TPSA) is 61.8 Å². The normalized spacial score (nSPS) is 16.7. The molecule has 3 unspecified atom stereocenters. The second-order valence-corrected chi connectivity index (χ2v) is 9.34. The molecule has 4 rings (SSSR count). The van der Waals surface area contributed by atoms with Crippen molar-refractivity contribution in [2.45, 2.75) is 44.5 Å². The van der Waals surface area contributed by atoms with Crippen molar-refractivity contribution in [2.24, 2.45) is 0 Å². The summed E-state index contributed by atoms with van der Waals surface area (Å²) >= 11 is 6.04. The molecule has 2 N–H and O–H groups in total. The second kappa shape index (κ2) is 11.0. The first-order valence-electron chi connectivity index (χ1n) is 11.6. The zero-order valence-electron chi connectivity index (χ0n) is 19.6. The van der Waals surface area contributed by atoms with E-state index in [1.165, 1.54) is 12.7 Å². The van der Waals surface area contributed by atoms with Gasteiger partial charge < -0.3 is 20.1 Å². The van der Waals surface area contributed by atoms with Crippen LogP contribution in [0.25, 0.3) is 0 Å². The zero-order valence-corrected chi connectivity index (χ0v) is 20.3. The van der Waals surface area contributed by atoms with E-state index in [0.717, 1.165) is 28.8 Å². The van der Waals surface area contributed by atoms with Gasteiger partial charge in [0.15, 0.2) is 0 Å². The smallest absolute Gasteiger partial charge is 0.328 e. The van der Waals surface area contributed by atoms with Crippen LogP contribution in [0.5, 0.6) is 0 Å². The summed E-state index contributed by atoms with van der Waals surface area (Å²) < 4.78 is 5.10. The maximum absolute atomic E-state index is 12.5. The van der Waals surface area contributed by atoms with Crippen LogP contribution in [0, 0.1) is 0 Å². The first kappa shape index (κ1) is 24.3. The number of aliphatic hydroxyl groups is 1. The van der Waals surface area contributed by atoms with Crippen LogP contribution in [0.3, 0.4) is 0 Å².